The van der Waals surface area contributed by atoms with Crippen molar-refractivity contribution in [3.8, 4) is 0 Å². The zero-order valence-electron chi connectivity index (χ0n) is 15.9. The van der Waals surface area contributed by atoms with Crippen molar-refractivity contribution in [2.24, 2.45) is 23.2 Å². The largest absolute Gasteiger partial charge is 0.272 e. The van der Waals surface area contributed by atoms with Crippen molar-refractivity contribution in [1.29, 1.82) is 0 Å². The van der Waals surface area contributed by atoms with Gasteiger partial charge in [-0.05, 0) is 94.4 Å². The van der Waals surface area contributed by atoms with Crippen molar-refractivity contribution in [1.82, 2.24) is 9.78 Å². The minimum absolute atomic E-state index is 0.141. The van der Waals surface area contributed by atoms with E-state index in [1.807, 2.05) is 6.92 Å². The molecule has 0 saturated heterocycles. The molecule has 142 valence electrons. The number of nitrogens with zero attached hydrogens (tertiary/aromatic N) is 2. The number of aryl methyl sites for hydroxylation is 1. The third kappa shape index (κ3) is 3.02. The van der Waals surface area contributed by atoms with Crippen LogP contribution in [0.25, 0.3) is 0 Å². The van der Waals surface area contributed by atoms with Gasteiger partial charge in [0.1, 0.15) is 0 Å². The third-order valence-electron chi connectivity index (χ3n) is 6.94. The summed E-state index contributed by atoms with van der Waals surface area (Å²) in [5.74, 6) is 2.58. The molecular weight excluding hydrogens is 420 g/mol. The van der Waals surface area contributed by atoms with E-state index in [1.165, 1.54) is 24.2 Å². The van der Waals surface area contributed by atoms with Crippen LogP contribution in [0.3, 0.4) is 0 Å². The smallest absolute Gasteiger partial charge is 0.253 e. The molecule has 0 unspecified atom stereocenters. The molecule has 0 radical (unpaired) electrons. The first kappa shape index (κ1) is 18.0. The van der Waals surface area contributed by atoms with Gasteiger partial charge in [-0.1, -0.05) is 27.7 Å². The summed E-state index contributed by atoms with van der Waals surface area (Å²) in [6, 6.07) is 8.31. The second-order valence-corrected chi connectivity index (χ2v) is 11.0. The van der Waals surface area contributed by atoms with Crippen LogP contribution in [0.2, 0.25) is 0 Å². The molecule has 0 aliphatic heterocycles. The predicted octanol–water partition coefficient (Wildman–Crippen LogP) is 6.27. The Morgan fingerprint density at radius 1 is 1.07 bits per heavy atom. The topological polar surface area (TPSA) is 34.9 Å². The van der Waals surface area contributed by atoms with Crippen molar-refractivity contribution in [3.63, 3.8) is 0 Å². The standard InChI is InChI=1S/C22H25BrN2OS/c1-13-20(27-19-5-3-18(23)4-6-19)14(2)25(24-13)21(26)22-10-15-7-16(11-22)9-17(8-15)12-22/h3-6,15-17H,7-12H2,1-2H3. The molecule has 4 saturated carbocycles. The van der Waals surface area contributed by atoms with Gasteiger partial charge >= 0.3 is 0 Å². The van der Waals surface area contributed by atoms with Gasteiger partial charge in [-0.3, -0.25) is 4.79 Å². The highest BCUT2D eigenvalue weighted by Crippen LogP contribution is 2.60. The van der Waals surface area contributed by atoms with Gasteiger partial charge in [0.25, 0.3) is 5.91 Å². The maximum Gasteiger partial charge on any atom is 0.253 e. The number of halogens is 1. The van der Waals surface area contributed by atoms with Crippen LogP contribution in [0.15, 0.2) is 38.5 Å². The lowest BCUT2D eigenvalue weighted by Gasteiger charge is -2.55. The van der Waals surface area contributed by atoms with Crippen molar-refractivity contribution in [2.45, 2.75) is 62.2 Å². The van der Waals surface area contributed by atoms with E-state index >= 15 is 0 Å². The highest BCUT2D eigenvalue weighted by Gasteiger charge is 2.55. The third-order valence-corrected chi connectivity index (χ3v) is 8.77. The van der Waals surface area contributed by atoms with E-state index in [1.54, 1.807) is 16.4 Å². The molecule has 1 heterocycles. The molecule has 0 spiro atoms. The molecule has 0 amide bonds. The molecule has 2 aromatic rings. The SMILES string of the molecule is Cc1nn(C(=O)C23CC4CC(CC(C4)C2)C3)c(C)c1Sc1ccc(Br)cc1. The quantitative estimate of drug-likeness (QED) is 0.559. The average Bonchev–Trinajstić information content (AvgIpc) is 2.90. The van der Waals surface area contributed by atoms with Gasteiger partial charge in [0.2, 0.25) is 0 Å². The Labute approximate surface area is 173 Å². The van der Waals surface area contributed by atoms with Crippen molar-refractivity contribution in [2.75, 3.05) is 0 Å². The molecular formula is C22H25BrN2OS. The zero-order valence-corrected chi connectivity index (χ0v) is 18.3. The molecule has 27 heavy (non-hydrogen) atoms. The molecule has 4 aliphatic carbocycles. The molecule has 1 aromatic heterocycles. The van der Waals surface area contributed by atoms with Crippen LogP contribution in [-0.2, 0) is 0 Å². The summed E-state index contributed by atoms with van der Waals surface area (Å²) in [5.41, 5.74) is 1.82. The maximum absolute atomic E-state index is 13.7. The van der Waals surface area contributed by atoms with E-state index in [9.17, 15) is 4.79 Å². The Kier molecular flexibility index (Phi) is 4.32. The molecule has 5 heteroatoms. The number of hydrogen-bond acceptors (Lipinski definition) is 3. The van der Waals surface area contributed by atoms with E-state index in [0.29, 0.717) is 0 Å². The van der Waals surface area contributed by atoms with Crippen molar-refractivity contribution >= 4 is 33.6 Å². The fraction of sp³-hybridized carbons (Fsp3) is 0.545. The van der Waals surface area contributed by atoms with Gasteiger partial charge < -0.3 is 0 Å². The van der Waals surface area contributed by atoms with Crippen LogP contribution in [0, 0.1) is 37.0 Å². The van der Waals surface area contributed by atoms with Crippen LogP contribution < -0.4 is 0 Å². The zero-order chi connectivity index (χ0) is 18.8. The summed E-state index contributed by atoms with van der Waals surface area (Å²) in [6.07, 6.45) is 7.33. The summed E-state index contributed by atoms with van der Waals surface area (Å²) in [5, 5.41) is 4.72. The molecule has 0 N–H and O–H groups in total. The fourth-order valence-electron chi connectivity index (χ4n) is 6.19. The van der Waals surface area contributed by atoms with E-state index in [-0.39, 0.29) is 11.3 Å². The fourth-order valence-corrected chi connectivity index (χ4v) is 7.39. The number of carbonyl (C=O) groups is 1. The number of carbonyl (C=O) groups excluding carboxylic acids is 1. The lowest BCUT2D eigenvalue weighted by atomic mass is 9.49. The second-order valence-electron chi connectivity index (χ2n) is 8.97. The van der Waals surface area contributed by atoms with Crippen LogP contribution >= 0.6 is 27.7 Å². The number of aromatic nitrogens is 2. The number of benzene rings is 1. The summed E-state index contributed by atoms with van der Waals surface area (Å²) >= 11 is 5.20. The van der Waals surface area contributed by atoms with E-state index < -0.39 is 0 Å². The monoisotopic (exact) mass is 444 g/mol. The molecule has 4 bridgehead atoms. The van der Waals surface area contributed by atoms with Gasteiger partial charge in [-0.15, -0.1) is 0 Å². The van der Waals surface area contributed by atoms with Gasteiger partial charge in [-0.25, -0.2) is 4.68 Å². The highest BCUT2D eigenvalue weighted by atomic mass is 79.9. The van der Waals surface area contributed by atoms with Crippen LogP contribution in [0.4, 0.5) is 0 Å². The Morgan fingerprint density at radius 3 is 2.19 bits per heavy atom. The first-order chi connectivity index (χ1) is 12.9. The lowest BCUT2D eigenvalue weighted by Crippen LogP contribution is -2.51. The minimum atomic E-state index is -0.141. The Morgan fingerprint density at radius 2 is 1.63 bits per heavy atom. The molecule has 1 aromatic carbocycles. The molecule has 4 aliphatic rings. The first-order valence-electron chi connectivity index (χ1n) is 9.98. The van der Waals surface area contributed by atoms with E-state index in [2.05, 4.69) is 47.1 Å². The summed E-state index contributed by atoms with van der Waals surface area (Å²) in [4.78, 5) is 16.0. The Bertz CT molecular complexity index is 866. The van der Waals surface area contributed by atoms with Crippen LogP contribution in [-0.4, -0.2) is 15.7 Å². The van der Waals surface area contributed by atoms with Crippen LogP contribution in [0.1, 0.15) is 54.7 Å². The highest BCUT2D eigenvalue weighted by molar-refractivity contribution is 9.10. The second kappa shape index (κ2) is 6.48. The number of hydrogen-bond donors (Lipinski definition) is 0. The molecule has 4 fully saturated rings. The molecule has 3 nitrogen and oxygen atoms in total. The first-order valence-corrected chi connectivity index (χ1v) is 11.6. The lowest BCUT2D eigenvalue weighted by molar-refractivity contribution is -0.0410. The van der Waals surface area contributed by atoms with Crippen molar-refractivity contribution < 1.29 is 4.79 Å². The Hall–Kier alpha value is -1.07. The molecule has 6 rings (SSSR count). The van der Waals surface area contributed by atoms with Gasteiger partial charge in [0.05, 0.1) is 21.7 Å². The van der Waals surface area contributed by atoms with Crippen molar-refractivity contribution in [3.05, 3.63) is 40.1 Å². The minimum Gasteiger partial charge on any atom is -0.272 e. The Balaban J connectivity index is 1.45. The summed E-state index contributed by atoms with van der Waals surface area (Å²) < 4.78 is 2.83. The normalized spacial score (nSPS) is 31.4. The molecule has 0 atom stereocenters. The average molecular weight is 445 g/mol. The summed E-state index contributed by atoms with van der Waals surface area (Å²) in [6.45, 7) is 4.08. The van der Waals surface area contributed by atoms with E-state index in [0.717, 1.165) is 57.8 Å². The van der Waals surface area contributed by atoms with E-state index in [4.69, 9.17) is 5.10 Å². The summed E-state index contributed by atoms with van der Waals surface area (Å²) in [7, 11) is 0. The van der Waals surface area contributed by atoms with Gasteiger partial charge in [0.15, 0.2) is 0 Å². The van der Waals surface area contributed by atoms with Gasteiger partial charge in [0, 0.05) is 9.37 Å². The maximum atomic E-state index is 13.7. The number of rotatable bonds is 3. The van der Waals surface area contributed by atoms with Crippen LogP contribution in [0.5, 0.6) is 0 Å². The predicted molar refractivity (Wildman–Crippen MR) is 111 cm³/mol. The van der Waals surface area contributed by atoms with Gasteiger partial charge in [-0.2, -0.15) is 5.10 Å².